The number of alkyl halides is 2. The highest BCUT2D eigenvalue weighted by molar-refractivity contribution is 6.05. The Kier molecular flexibility index (Phi) is 5.11. The Labute approximate surface area is 203 Å². The first-order valence-corrected chi connectivity index (χ1v) is 11.5. The number of amides is 1. The standard InChI is InChI=1S/C24H22F3N7O2/c1-12(14-4-3-5-15(18(14)25)19(26)27)29-20-16-6-17(23(35)33-7-24(8-33)9-36-10-24)22-32-28-11-34(22)21(16)31-13(2)30-20/h3-6,11-12,19H,7-10H2,1-2H3,(H,29,30,31)/t12-/m1/s1. The van der Waals surface area contributed by atoms with Crippen LogP contribution in [0.15, 0.2) is 30.6 Å². The molecule has 0 radical (unpaired) electrons. The van der Waals surface area contributed by atoms with Gasteiger partial charge in [0.1, 0.15) is 23.8 Å². The zero-order chi connectivity index (χ0) is 25.2. The Bertz CT molecular complexity index is 1510. The summed E-state index contributed by atoms with van der Waals surface area (Å²) in [5, 5.41) is 11.8. The summed E-state index contributed by atoms with van der Waals surface area (Å²) >= 11 is 0. The average molecular weight is 497 g/mol. The Morgan fingerprint density at radius 1 is 1.17 bits per heavy atom. The number of ether oxygens (including phenoxy) is 1. The third kappa shape index (κ3) is 3.47. The molecule has 9 nitrogen and oxygen atoms in total. The largest absolute Gasteiger partial charge is 0.380 e. The van der Waals surface area contributed by atoms with Crippen LogP contribution in [0.5, 0.6) is 0 Å². The van der Waals surface area contributed by atoms with E-state index in [1.54, 1.807) is 29.2 Å². The molecule has 1 atom stereocenters. The highest BCUT2D eigenvalue weighted by atomic mass is 19.3. The number of aromatic nitrogens is 5. The molecular formula is C24H22F3N7O2. The number of carbonyl (C=O) groups excluding carboxylic acids is 1. The second-order valence-corrected chi connectivity index (χ2v) is 9.51. The highest BCUT2D eigenvalue weighted by Gasteiger charge is 2.51. The molecule has 6 rings (SSSR count). The summed E-state index contributed by atoms with van der Waals surface area (Å²) in [5.74, 6) is -0.402. The van der Waals surface area contributed by atoms with Crippen molar-refractivity contribution in [3.63, 3.8) is 0 Å². The van der Waals surface area contributed by atoms with Crippen molar-refractivity contribution in [3.05, 3.63) is 58.9 Å². The molecule has 3 aromatic heterocycles. The van der Waals surface area contributed by atoms with Gasteiger partial charge in [-0.3, -0.25) is 9.20 Å². The van der Waals surface area contributed by atoms with E-state index in [1.165, 1.54) is 18.5 Å². The lowest BCUT2D eigenvalue weighted by atomic mass is 9.78. The van der Waals surface area contributed by atoms with Crippen molar-refractivity contribution in [2.45, 2.75) is 26.3 Å². The molecule has 0 unspecified atom stereocenters. The summed E-state index contributed by atoms with van der Waals surface area (Å²) in [4.78, 5) is 24.1. The topological polar surface area (TPSA) is 97.5 Å². The molecule has 0 bridgehead atoms. The SMILES string of the molecule is Cc1nc(N[C@H](C)c2cccc(C(F)F)c2F)c2cc(C(=O)N3CC4(COC4)C3)c3nncn3c2n1. The monoisotopic (exact) mass is 497 g/mol. The first kappa shape index (κ1) is 22.7. The van der Waals surface area contributed by atoms with Crippen LogP contribution in [0.3, 0.4) is 0 Å². The molecule has 2 saturated heterocycles. The van der Waals surface area contributed by atoms with Gasteiger partial charge in [0.2, 0.25) is 0 Å². The molecule has 2 aliphatic heterocycles. The van der Waals surface area contributed by atoms with Crippen molar-refractivity contribution in [3.8, 4) is 0 Å². The summed E-state index contributed by atoms with van der Waals surface area (Å²) < 4.78 is 48.2. The number of anilines is 1. The molecule has 2 aliphatic rings. The first-order chi connectivity index (χ1) is 17.3. The molecule has 1 N–H and O–H groups in total. The van der Waals surface area contributed by atoms with Crippen LogP contribution in [0, 0.1) is 18.2 Å². The van der Waals surface area contributed by atoms with Crippen LogP contribution >= 0.6 is 0 Å². The molecule has 1 spiro atoms. The Morgan fingerprint density at radius 3 is 2.61 bits per heavy atom. The van der Waals surface area contributed by atoms with Crippen molar-refractivity contribution >= 4 is 28.4 Å². The molecule has 2 fully saturated rings. The minimum absolute atomic E-state index is 0.0513. The zero-order valence-corrected chi connectivity index (χ0v) is 19.5. The van der Waals surface area contributed by atoms with E-state index in [0.29, 0.717) is 60.2 Å². The first-order valence-electron chi connectivity index (χ1n) is 11.5. The van der Waals surface area contributed by atoms with Gasteiger partial charge < -0.3 is 15.0 Å². The maximum absolute atomic E-state index is 14.8. The summed E-state index contributed by atoms with van der Waals surface area (Å²) in [7, 11) is 0. The summed E-state index contributed by atoms with van der Waals surface area (Å²) in [5.41, 5.74) is 0.634. The molecule has 4 aromatic rings. The smallest absolute Gasteiger partial charge is 0.266 e. The van der Waals surface area contributed by atoms with Crippen LogP contribution in [0.4, 0.5) is 19.0 Å². The fourth-order valence-electron chi connectivity index (χ4n) is 4.94. The average Bonchev–Trinajstić information content (AvgIpc) is 3.27. The maximum Gasteiger partial charge on any atom is 0.266 e. The van der Waals surface area contributed by atoms with Crippen LogP contribution in [-0.2, 0) is 4.74 Å². The van der Waals surface area contributed by atoms with E-state index in [-0.39, 0.29) is 16.9 Å². The van der Waals surface area contributed by atoms with Crippen LogP contribution in [0.2, 0.25) is 0 Å². The van der Waals surface area contributed by atoms with Crippen molar-refractivity contribution in [1.29, 1.82) is 0 Å². The maximum atomic E-state index is 14.8. The third-order valence-electron chi connectivity index (χ3n) is 6.84. The zero-order valence-electron chi connectivity index (χ0n) is 19.5. The number of nitrogens with one attached hydrogen (secondary N) is 1. The third-order valence-corrected chi connectivity index (χ3v) is 6.84. The van der Waals surface area contributed by atoms with Gasteiger partial charge in [0.15, 0.2) is 11.3 Å². The van der Waals surface area contributed by atoms with Gasteiger partial charge in [-0.2, -0.15) is 0 Å². The van der Waals surface area contributed by atoms with Crippen molar-refractivity contribution < 1.29 is 22.7 Å². The van der Waals surface area contributed by atoms with E-state index in [0.717, 1.165) is 6.07 Å². The number of nitrogens with zero attached hydrogens (tertiary/aromatic N) is 6. The fourth-order valence-corrected chi connectivity index (χ4v) is 4.94. The minimum Gasteiger partial charge on any atom is -0.380 e. The minimum atomic E-state index is -2.93. The summed E-state index contributed by atoms with van der Waals surface area (Å²) in [6.45, 7) is 5.87. The second kappa shape index (κ2) is 8.12. The van der Waals surface area contributed by atoms with Gasteiger partial charge in [-0.1, -0.05) is 18.2 Å². The van der Waals surface area contributed by atoms with Crippen LogP contribution < -0.4 is 5.32 Å². The van der Waals surface area contributed by atoms with Crippen LogP contribution in [0.25, 0.3) is 16.7 Å². The number of fused-ring (bicyclic) bond motifs is 3. The fraction of sp³-hybridized carbons (Fsp3) is 0.375. The van der Waals surface area contributed by atoms with Crippen molar-refractivity contribution in [1.82, 2.24) is 29.5 Å². The Hall–Kier alpha value is -3.80. The van der Waals surface area contributed by atoms with E-state index in [1.807, 2.05) is 0 Å². The quantitative estimate of drug-likeness (QED) is 0.449. The number of carbonyl (C=O) groups is 1. The summed E-state index contributed by atoms with van der Waals surface area (Å²) in [6, 6.07) is 4.87. The molecule has 12 heteroatoms. The second-order valence-electron chi connectivity index (χ2n) is 9.51. The molecule has 0 aliphatic carbocycles. The van der Waals surface area contributed by atoms with E-state index in [9.17, 15) is 18.0 Å². The molecule has 1 aromatic carbocycles. The Balaban J connectivity index is 1.41. The predicted molar refractivity (Wildman–Crippen MR) is 123 cm³/mol. The van der Waals surface area contributed by atoms with E-state index >= 15 is 0 Å². The lowest BCUT2D eigenvalue weighted by Crippen LogP contribution is -2.67. The number of benzene rings is 1. The number of aryl methyl sites for hydroxylation is 1. The molecule has 36 heavy (non-hydrogen) atoms. The number of rotatable bonds is 5. The number of hydrogen-bond donors (Lipinski definition) is 1. The van der Waals surface area contributed by atoms with Crippen molar-refractivity contribution in [2.75, 3.05) is 31.6 Å². The molecule has 5 heterocycles. The van der Waals surface area contributed by atoms with Gasteiger partial charge in [0.05, 0.1) is 41.2 Å². The lowest BCUT2D eigenvalue weighted by Gasteiger charge is -2.54. The van der Waals surface area contributed by atoms with Gasteiger partial charge in [0.25, 0.3) is 12.3 Å². The lowest BCUT2D eigenvalue weighted by molar-refractivity contribution is -0.176. The van der Waals surface area contributed by atoms with Gasteiger partial charge in [-0.05, 0) is 19.9 Å². The Morgan fingerprint density at radius 2 is 1.92 bits per heavy atom. The van der Waals surface area contributed by atoms with E-state index < -0.39 is 23.8 Å². The van der Waals surface area contributed by atoms with E-state index in [2.05, 4.69) is 25.5 Å². The molecule has 1 amide bonds. The van der Waals surface area contributed by atoms with Crippen molar-refractivity contribution in [2.24, 2.45) is 5.41 Å². The summed E-state index contributed by atoms with van der Waals surface area (Å²) in [6.07, 6.45) is -1.46. The van der Waals surface area contributed by atoms with Gasteiger partial charge in [0, 0.05) is 18.7 Å². The molecule has 186 valence electrons. The number of likely N-dealkylation sites (tertiary alicyclic amines) is 1. The number of hydrogen-bond acceptors (Lipinski definition) is 7. The van der Waals surface area contributed by atoms with Gasteiger partial charge >= 0.3 is 0 Å². The predicted octanol–water partition coefficient (Wildman–Crippen LogP) is 3.70. The molecular weight excluding hydrogens is 475 g/mol. The van der Waals surface area contributed by atoms with Crippen LogP contribution in [0.1, 0.15) is 46.7 Å². The van der Waals surface area contributed by atoms with Gasteiger partial charge in [-0.15, -0.1) is 10.2 Å². The highest BCUT2D eigenvalue weighted by Crippen LogP contribution is 2.39. The van der Waals surface area contributed by atoms with Gasteiger partial charge in [-0.25, -0.2) is 23.1 Å². The number of halogens is 3. The van der Waals surface area contributed by atoms with E-state index in [4.69, 9.17) is 4.74 Å². The number of pyridine rings is 1. The normalized spacial score (nSPS) is 17.4. The molecule has 0 saturated carbocycles. The van der Waals surface area contributed by atoms with Crippen LogP contribution in [-0.4, -0.2) is 61.7 Å².